The van der Waals surface area contributed by atoms with Crippen molar-refractivity contribution in [1.82, 2.24) is 10.2 Å². The first-order valence-corrected chi connectivity index (χ1v) is 17.2. The Morgan fingerprint density at radius 2 is 1.61 bits per heavy atom. The molecule has 0 saturated heterocycles. The van der Waals surface area contributed by atoms with Crippen LogP contribution in [0.2, 0.25) is 0 Å². The first kappa shape index (κ1) is 34.6. The van der Waals surface area contributed by atoms with Gasteiger partial charge in [-0.1, -0.05) is 44.0 Å². The summed E-state index contributed by atoms with van der Waals surface area (Å²) in [5, 5.41) is 3.14. The number of nitrogens with zero attached hydrogens (tertiary/aromatic N) is 2. The maximum atomic E-state index is 14.4. The molecule has 0 bridgehead atoms. The Morgan fingerprint density at radius 1 is 0.935 bits per heavy atom. The molecule has 4 rings (SSSR count). The summed E-state index contributed by atoms with van der Waals surface area (Å²) in [5.74, 6) is 0.434. The maximum Gasteiger partial charge on any atom is 0.264 e. The first-order chi connectivity index (χ1) is 22.1. The Kier molecular flexibility index (Phi) is 11.9. The zero-order valence-electron chi connectivity index (χ0n) is 27.3. The Labute approximate surface area is 272 Å². The second kappa shape index (κ2) is 15.8. The van der Waals surface area contributed by atoms with Gasteiger partial charge in [0.25, 0.3) is 10.0 Å². The van der Waals surface area contributed by atoms with Crippen molar-refractivity contribution in [3.05, 3.63) is 77.9 Å². The molecule has 0 aliphatic heterocycles. The molecule has 46 heavy (non-hydrogen) atoms. The number of hydrogen-bond acceptors (Lipinski definition) is 7. The van der Waals surface area contributed by atoms with Crippen molar-refractivity contribution >= 4 is 27.5 Å². The number of nitrogens with one attached hydrogen (secondary N) is 1. The number of anilines is 1. The Bertz CT molecular complexity index is 1590. The topological polar surface area (TPSA) is 114 Å². The number of amides is 2. The van der Waals surface area contributed by atoms with Crippen LogP contribution in [0.1, 0.15) is 57.1 Å². The van der Waals surface area contributed by atoms with E-state index in [2.05, 4.69) is 5.32 Å². The maximum absolute atomic E-state index is 14.4. The van der Waals surface area contributed by atoms with Gasteiger partial charge in [0, 0.05) is 18.7 Å². The molecule has 0 heterocycles. The van der Waals surface area contributed by atoms with Crippen LogP contribution in [0.25, 0.3) is 0 Å². The van der Waals surface area contributed by atoms with Crippen LogP contribution < -0.4 is 23.8 Å². The minimum Gasteiger partial charge on any atom is -0.494 e. The fourth-order valence-corrected chi connectivity index (χ4v) is 7.20. The van der Waals surface area contributed by atoms with Gasteiger partial charge >= 0.3 is 0 Å². The van der Waals surface area contributed by atoms with Crippen molar-refractivity contribution in [1.29, 1.82) is 0 Å². The number of rotatable bonds is 15. The van der Waals surface area contributed by atoms with Gasteiger partial charge in [-0.25, -0.2) is 8.42 Å². The summed E-state index contributed by atoms with van der Waals surface area (Å²) < 4.78 is 46.0. The molecule has 248 valence electrons. The van der Waals surface area contributed by atoms with E-state index in [1.807, 2.05) is 45.0 Å². The zero-order valence-corrected chi connectivity index (χ0v) is 28.1. The number of aryl methyl sites for hydroxylation is 1. The molecule has 1 saturated carbocycles. The van der Waals surface area contributed by atoms with Crippen LogP contribution in [-0.4, -0.2) is 64.6 Å². The van der Waals surface area contributed by atoms with E-state index in [1.165, 1.54) is 37.3 Å². The van der Waals surface area contributed by atoms with Gasteiger partial charge in [-0.3, -0.25) is 13.9 Å². The number of methoxy groups -OCH3 is 2. The van der Waals surface area contributed by atoms with Gasteiger partial charge < -0.3 is 24.4 Å². The molecule has 1 atom stereocenters. The molecule has 0 spiro atoms. The second-order valence-corrected chi connectivity index (χ2v) is 13.2. The summed E-state index contributed by atoms with van der Waals surface area (Å²) in [7, 11) is -1.42. The molecule has 1 fully saturated rings. The number of carbonyl (C=O) groups is 2. The van der Waals surface area contributed by atoms with Crippen molar-refractivity contribution in [3.8, 4) is 17.2 Å². The third-order valence-corrected chi connectivity index (χ3v) is 10.1. The summed E-state index contributed by atoms with van der Waals surface area (Å²) in [6, 6.07) is 17.8. The molecule has 0 unspecified atom stereocenters. The van der Waals surface area contributed by atoms with Crippen molar-refractivity contribution in [2.45, 2.75) is 76.4 Å². The lowest BCUT2D eigenvalue weighted by Gasteiger charge is -2.34. The Balaban J connectivity index is 1.76. The van der Waals surface area contributed by atoms with E-state index in [0.717, 1.165) is 41.1 Å². The highest BCUT2D eigenvalue weighted by atomic mass is 32.2. The van der Waals surface area contributed by atoms with Gasteiger partial charge in [-0.15, -0.1) is 0 Å². The van der Waals surface area contributed by atoms with Crippen LogP contribution in [-0.2, 0) is 26.2 Å². The molecule has 1 aliphatic rings. The summed E-state index contributed by atoms with van der Waals surface area (Å²) in [4.78, 5) is 29.5. The monoisotopic (exact) mass is 651 g/mol. The normalized spacial score (nSPS) is 13.9. The molecular formula is C35H45N3O7S. The molecule has 10 nitrogen and oxygen atoms in total. The smallest absolute Gasteiger partial charge is 0.264 e. The summed E-state index contributed by atoms with van der Waals surface area (Å²) in [6.07, 6.45) is 4.28. The SMILES string of the molecule is CCOc1ccc(N(CC(=O)N(Cc2ccccc2C)[C@H](CC)C(=O)NC2CCCC2)S(=O)(=O)c2ccc(OC)c(OC)c2)cc1. The quantitative estimate of drug-likeness (QED) is 0.232. The predicted molar refractivity (Wildman–Crippen MR) is 178 cm³/mol. The average Bonchev–Trinajstić information content (AvgIpc) is 3.57. The highest BCUT2D eigenvalue weighted by molar-refractivity contribution is 7.92. The molecule has 0 aromatic heterocycles. The number of carbonyl (C=O) groups excluding carboxylic acids is 2. The minimum atomic E-state index is -4.31. The van der Waals surface area contributed by atoms with Crippen LogP contribution in [0.4, 0.5) is 5.69 Å². The van der Waals surface area contributed by atoms with Gasteiger partial charge in [0.15, 0.2) is 11.5 Å². The molecule has 1 aliphatic carbocycles. The summed E-state index contributed by atoms with van der Waals surface area (Å²) in [6.45, 7) is 5.73. The van der Waals surface area contributed by atoms with Crippen LogP contribution in [0.5, 0.6) is 17.2 Å². The van der Waals surface area contributed by atoms with Crippen molar-refractivity contribution in [2.75, 3.05) is 31.7 Å². The molecule has 3 aromatic carbocycles. The molecule has 0 radical (unpaired) electrons. The van der Waals surface area contributed by atoms with E-state index >= 15 is 0 Å². The van der Waals surface area contributed by atoms with Crippen LogP contribution in [0, 0.1) is 6.92 Å². The number of benzene rings is 3. The van der Waals surface area contributed by atoms with Crippen molar-refractivity contribution < 1.29 is 32.2 Å². The number of ether oxygens (including phenoxy) is 3. The standard InChI is InChI=1S/C35H45N3O7S/c1-6-31(35(40)36-27-14-10-11-15-27)37(23-26-13-9-8-12-25(26)3)34(39)24-38(28-16-18-29(19-17-28)45-7-2)46(41,42)30-20-21-32(43-4)33(22-30)44-5/h8-9,12-13,16-22,27,31H,6-7,10-11,14-15,23-24H2,1-5H3,(H,36,40)/t31-/m1/s1. The average molecular weight is 652 g/mol. The molecule has 11 heteroatoms. The fourth-order valence-electron chi connectivity index (χ4n) is 5.77. The zero-order chi connectivity index (χ0) is 33.3. The largest absolute Gasteiger partial charge is 0.494 e. The van der Waals surface area contributed by atoms with Gasteiger partial charge in [-0.05, 0) is 80.6 Å². The third kappa shape index (κ3) is 8.12. The Hall–Kier alpha value is -4.25. The van der Waals surface area contributed by atoms with Gasteiger partial charge in [-0.2, -0.15) is 0 Å². The van der Waals surface area contributed by atoms with Crippen LogP contribution >= 0.6 is 0 Å². The van der Waals surface area contributed by atoms with Gasteiger partial charge in [0.05, 0.1) is 31.4 Å². The van der Waals surface area contributed by atoms with Crippen LogP contribution in [0.15, 0.2) is 71.6 Å². The minimum absolute atomic E-state index is 0.0720. The lowest BCUT2D eigenvalue weighted by molar-refractivity contribution is -0.140. The number of hydrogen-bond donors (Lipinski definition) is 1. The predicted octanol–water partition coefficient (Wildman–Crippen LogP) is 5.47. The fraction of sp³-hybridized carbons (Fsp3) is 0.429. The van der Waals surface area contributed by atoms with E-state index in [4.69, 9.17) is 14.2 Å². The van der Waals surface area contributed by atoms with E-state index < -0.39 is 28.5 Å². The molecule has 2 amide bonds. The summed E-state index contributed by atoms with van der Waals surface area (Å²) >= 11 is 0. The van der Waals surface area contributed by atoms with E-state index in [9.17, 15) is 18.0 Å². The van der Waals surface area contributed by atoms with Crippen molar-refractivity contribution in [2.24, 2.45) is 0 Å². The van der Waals surface area contributed by atoms with Gasteiger partial charge in [0.1, 0.15) is 18.3 Å². The third-order valence-electron chi connectivity index (χ3n) is 8.35. The highest BCUT2D eigenvalue weighted by Crippen LogP contribution is 2.33. The number of sulfonamides is 1. The van der Waals surface area contributed by atoms with E-state index in [1.54, 1.807) is 24.3 Å². The van der Waals surface area contributed by atoms with E-state index in [-0.39, 0.29) is 34.8 Å². The Morgan fingerprint density at radius 3 is 2.22 bits per heavy atom. The molecule has 3 aromatic rings. The lowest BCUT2D eigenvalue weighted by Crippen LogP contribution is -2.53. The lowest BCUT2D eigenvalue weighted by atomic mass is 10.1. The van der Waals surface area contributed by atoms with E-state index in [0.29, 0.717) is 24.5 Å². The first-order valence-electron chi connectivity index (χ1n) is 15.7. The van der Waals surface area contributed by atoms with Crippen LogP contribution in [0.3, 0.4) is 0 Å². The highest BCUT2D eigenvalue weighted by Gasteiger charge is 2.35. The second-order valence-electron chi connectivity index (χ2n) is 11.3. The molecular weight excluding hydrogens is 606 g/mol. The van der Waals surface area contributed by atoms with Gasteiger partial charge in [0.2, 0.25) is 11.8 Å². The summed E-state index contributed by atoms with van der Waals surface area (Å²) in [5.41, 5.74) is 2.11. The molecule has 1 N–H and O–H groups in total. The van der Waals surface area contributed by atoms with Crippen molar-refractivity contribution in [3.63, 3.8) is 0 Å².